The fourth-order valence-electron chi connectivity index (χ4n) is 4.70. The van der Waals surface area contributed by atoms with E-state index in [0.717, 1.165) is 68.7 Å². The molecule has 2 aliphatic heterocycles. The zero-order valence-corrected chi connectivity index (χ0v) is 22.0. The second-order valence-corrected chi connectivity index (χ2v) is 9.98. The molecule has 0 radical (unpaired) electrons. The largest absolute Gasteiger partial charge is 0.497 e. The lowest BCUT2D eigenvalue weighted by molar-refractivity contribution is 0.157. The number of amides is 2. The fraction of sp³-hybridized carbons (Fsp3) is 0.519. The van der Waals surface area contributed by atoms with Gasteiger partial charge in [-0.25, -0.2) is 4.79 Å². The predicted molar refractivity (Wildman–Crippen MR) is 146 cm³/mol. The zero-order valence-electron chi connectivity index (χ0n) is 22.0. The molecule has 2 amide bonds. The van der Waals surface area contributed by atoms with Gasteiger partial charge in [-0.3, -0.25) is 14.9 Å². The number of amidine groups is 2. The van der Waals surface area contributed by atoms with E-state index >= 15 is 0 Å². The summed E-state index contributed by atoms with van der Waals surface area (Å²) in [6, 6.07) is 7.31. The number of carbonyl (C=O) groups excluding carboxylic acids is 1. The normalized spacial score (nSPS) is 23.1. The average molecular weight is 494 g/mol. The van der Waals surface area contributed by atoms with Crippen molar-refractivity contribution < 1.29 is 9.53 Å². The molecule has 0 spiro atoms. The number of fused-ring (bicyclic) bond motifs is 1. The van der Waals surface area contributed by atoms with Gasteiger partial charge in [0.1, 0.15) is 17.4 Å². The van der Waals surface area contributed by atoms with Gasteiger partial charge in [0.25, 0.3) is 0 Å². The van der Waals surface area contributed by atoms with Crippen LogP contribution in [-0.2, 0) is 0 Å². The van der Waals surface area contributed by atoms with Crippen molar-refractivity contribution in [2.45, 2.75) is 25.3 Å². The van der Waals surface area contributed by atoms with Gasteiger partial charge in [-0.15, -0.1) is 0 Å². The lowest BCUT2D eigenvalue weighted by Gasteiger charge is -2.39. The molecular weight excluding hydrogens is 454 g/mol. The highest BCUT2D eigenvalue weighted by molar-refractivity contribution is 6.13. The van der Waals surface area contributed by atoms with Gasteiger partial charge in [-0.05, 0) is 64.7 Å². The van der Waals surface area contributed by atoms with Gasteiger partial charge in [0.2, 0.25) is 0 Å². The second kappa shape index (κ2) is 11.7. The molecule has 194 valence electrons. The van der Waals surface area contributed by atoms with Gasteiger partial charge in [0.05, 0.1) is 19.2 Å². The standard InChI is InChI=1S/C27H39N7O2/c1-27-13-6-5-8-23(27)25(28-14-7-15-32(2)3)30-24(31-27)20-33-16-18-34(19-17-33)26(35)29-21-9-11-22(36-4)12-10-21/h5-6,8-12H,7,13-20H2,1-4H3,(H,29,35)(H,28,30,31). The third-order valence-corrected chi connectivity index (χ3v) is 6.80. The number of benzene rings is 1. The average Bonchev–Trinajstić information content (AvgIpc) is 2.86. The molecule has 1 aromatic rings. The Morgan fingerprint density at radius 3 is 2.67 bits per heavy atom. The van der Waals surface area contributed by atoms with Gasteiger partial charge in [-0.2, -0.15) is 0 Å². The maximum absolute atomic E-state index is 12.7. The number of nitrogens with zero attached hydrogens (tertiary/aromatic N) is 5. The number of rotatable bonds is 8. The molecule has 2 heterocycles. The molecule has 0 saturated carbocycles. The van der Waals surface area contributed by atoms with Crippen LogP contribution in [0.5, 0.6) is 5.75 Å². The summed E-state index contributed by atoms with van der Waals surface area (Å²) in [5, 5.41) is 6.51. The molecule has 1 aromatic carbocycles. The van der Waals surface area contributed by atoms with E-state index in [1.165, 1.54) is 5.57 Å². The lowest BCUT2D eigenvalue weighted by atomic mass is 9.83. The van der Waals surface area contributed by atoms with E-state index in [4.69, 9.17) is 14.7 Å². The summed E-state index contributed by atoms with van der Waals surface area (Å²) in [7, 11) is 5.80. The molecule has 1 saturated heterocycles. The molecule has 4 rings (SSSR count). The minimum atomic E-state index is -0.282. The van der Waals surface area contributed by atoms with E-state index in [0.29, 0.717) is 13.1 Å². The van der Waals surface area contributed by atoms with Gasteiger partial charge >= 0.3 is 6.03 Å². The Morgan fingerprint density at radius 2 is 1.97 bits per heavy atom. The van der Waals surface area contributed by atoms with Crippen molar-refractivity contribution in [2.75, 3.05) is 72.3 Å². The van der Waals surface area contributed by atoms with E-state index in [2.05, 4.69) is 59.7 Å². The first-order valence-corrected chi connectivity index (χ1v) is 12.7. The van der Waals surface area contributed by atoms with E-state index in [1.54, 1.807) is 7.11 Å². The highest BCUT2D eigenvalue weighted by Crippen LogP contribution is 2.32. The van der Waals surface area contributed by atoms with Crippen LogP contribution in [0.2, 0.25) is 0 Å². The number of ether oxygens (including phenoxy) is 1. The molecule has 1 unspecified atom stereocenters. The molecule has 2 N–H and O–H groups in total. The maximum atomic E-state index is 12.7. The first kappa shape index (κ1) is 25.9. The van der Waals surface area contributed by atoms with Gasteiger partial charge in [0, 0.05) is 44.0 Å². The molecule has 1 fully saturated rings. The summed E-state index contributed by atoms with van der Waals surface area (Å²) >= 11 is 0. The third-order valence-electron chi connectivity index (χ3n) is 6.80. The SMILES string of the molecule is COc1ccc(NC(=O)N2CCN(CC3=NC4(C)CC=CC=C4C(=NCCCN(C)C)N3)CC2)cc1. The van der Waals surface area contributed by atoms with Crippen molar-refractivity contribution in [3.8, 4) is 5.75 Å². The molecule has 1 atom stereocenters. The lowest BCUT2D eigenvalue weighted by Crippen LogP contribution is -2.55. The first-order valence-electron chi connectivity index (χ1n) is 12.7. The van der Waals surface area contributed by atoms with Crippen molar-refractivity contribution in [1.29, 1.82) is 0 Å². The van der Waals surface area contributed by atoms with Crippen LogP contribution in [0.3, 0.4) is 0 Å². The quantitative estimate of drug-likeness (QED) is 0.544. The minimum absolute atomic E-state index is 0.0728. The highest BCUT2D eigenvalue weighted by Gasteiger charge is 2.37. The van der Waals surface area contributed by atoms with Crippen molar-refractivity contribution in [3.63, 3.8) is 0 Å². The molecular formula is C27H39N7O2. The van der Waals surface area contributed by atoms with Crippen LogP contribution in [0.4, 0.5) is 10.5 Å². The number of piperazine rings is 1. The van der Waals surface area contributed by atoms with Crippen LogP contribution >= 0.6 is 0 Å². The van der Waals surface area contributed by atoms with Crippen molar-refractivity contribution >= 4 is 23.4 Å². The smallest absolute Gasteiger partial charge is 0.321 e. The molecule has 0 aromatic heterocycles. The Balaban J connectivity index is 1.33. The van der Waals surface area contributed by atoms with E-state index in [9.17, 15) is 4.79 Å². The summed E-state index contributed by atoms with van der Waals surface area (Å²) in [5.41, 5.74) is 1.65. The third kappa shape index (κ3) is 6.53. The molecule has 9 nitrogen and oxygen atoms in total. The van der Waals surface area contributed by atoms with Gasteiger partial charge in [0.15, 0.2) is 0 Å². The zero-order chi connectivity index (χ0) is 25.5. The number of hydrogen-bond donors (Lipinski definition) is 2. The number of hydrogen-bond acceptors (Lipinski definition) is 6. The summed E-state index contributed by atoms with van der Waals surface area (Å²) in [4.78, 5) is 29.2. The molecule has 9 heteroatoms. The van der Waals surface area contributed by atoms with Crippen LogP contribution in [0.25, 0.3) is 0 Å². The van der Waals surface area contributed by atoms with E-state index in [1.807, 2.05) is 29.2 Å². The number of aliphatic imine (C=N–C) groups is 2. The Labute approximate surface area is 214 Å². The van der Waals surface area contributed by atoms with E-state index < -0.39 is 0 Å². The highest BCUT2D eigenvalue weighted by atomic mass is 16.5. The van der Waals surface area contributed by atoms with Crippen LogP contribution in [0.15, 0.2) is 58.1 Å². The maximum Gasteiger partial charge on any atom is 0.321 e. The van der Waals surface area contributed by atoms with Crippen molar-refractivity contribution in [1.82, 2.24) is 20.0 Å². The number of methoxy groups -OCH3 is 1. The monoisotopic (exact) mass is 493 g/mol. The molecule has 36 heavy (non-hydrogen) atoms. The Bertz CT molecular complexity index is 1040. The summed E-state index contributed by atoms with van der Waals surface area (Å²) in [6.07, 6.45) is 8.32. The van der Waals surface area contributed by atoms with Crippen LogP contribution in [-0.4, -0.2) is 105 Å². The summed E-state index contributed by atoms with van der Waals surface area (Å²) in [6.45, 7) is 7.66. The van der Waals surface area contributed by atoms with Crippen LogP contribution in [0, 0.1) is 0 Å². The Kier molecular flexibility index (Phi) is 8.43. The van der Waals surface area contributed by atoms with Crippen LogP contribution < -0.4 is 15.4 Å². The number of allylic oxidation sites excluding steroid dienone is 2. The number of anilines is 1. The Hall–Kier alpha value is -3.17. The molecule has 3 aliphatic rings. The van der Waals surface area contributed by atoms with Crippen molar-refractivity contribution in [3.05, 3.63) is 48.1 Å². The number of urea groups is 1. The number of carbonyl (C=O) groups is 1. The van der Waals surface area contributed by atoms with Crippen LogP contribution in [0.1, 0.15) is 19.8 Å². The molecule has 0 bridgehead atoms. The summed E-state index contributed by atoms with van der Waals surface area (Å²) in [5.74, 6) is 2.67. The van der Waals surface area contributed by atoms with Gasteiger partial charge in [-0.1, -0.05) is 18.2 Å². The predicted octanol–water partition coefficient (Wildman–Crippen LogP) is 2.84. The van der Waals surface area contributed by atoms with E-state index in [-0.39, 0.29) is 11.6 Å². The minimum Gasteiger partial charge on any atom is -0.497 e. The summed E-state index contributed by atoms with van der Waals surface area (Å²) < 4.78 is 5.18. The molecule has 1 aliphatic carbocycles. The second-order valence-electron chi connectivity index (χ2n) is 9.98. The fourth-order valence-corrected chi connectivity index (χ4v) is 4.70. The van der Waals surface area contributed by atoms with Crippen molar-refractivity contribution in [2.24, 2.45) is 9.98 Å². The van der Waals surface area contributed by atoms with Gasteiger partial charge < -0.3 is 25.2 Å². The topological polar surface area (TPSA) is 84.8 Å². The first-order chi connectivity index (χ1) is 17.4. The Morgan fingerprint density at radius 1 is 1.22 bits per heavy atom. The number of nitrogens with one attached hydrogen (secondary N) is 2.